The molecule has 1 aromatic heterocycles. The van der Waals surface area contributed by atoms with Gasteiger partial charge in [0.2, 0.25) is 5.95 Å². The van der Waals surface area contributed by atoms with Crippen molar-refractivity contribution in [3.8, 4) is 5.75 Å². The number of anilines is 3. The molecule has 0 saturated carbocycles. The number of hydrogen-bond acceptors (Lipinski definition) is 8. The van der Waals surface area contributed by atoms with Crippen LogP contribution in [0, 0.1) is 0 Å². The second-order valence-corrected chi connectivity index (χ2v) is 8.29. The molecule has 0 radical (unpaired) electrons. The number of methoxy groups -OCH3 is 1. The van der Waals surface area contributed by atoms with E-state index in [0.717, 1.165) is 26.3 Å². The monoisotopic (exact) mass is 500 g/mol. The summed E-state index contributed by atoms with van der Waals surface area (Å²) in [7, 11) is 2.75. The number of aromatic nitrogens is 2. The maximum atomic E-state index is 13.2. The second-order valence-electron chi connectivity index (χ2n) is 7.88. The predicted molar refractivity (Wildman–Crippen MR) is 120 cm³/mol. The number of ether oxygens (including phenoxy) is 2. The number of rotatable bonds is 6. The summed E-state index contributed by atoms with van der Waals surface area (Å²) in [6.07, 6.45) is -3.92. The molecule has 9 nitrogen and oxygen atoms in total. The minimum absolute atomic E-state index is 0.100. The van der Waals surface area contributed by atoms with E-state index in [1.807, 2.05) is 0 Å². The largest absolute Gasteiger partial charge is 0.496 e. The van der Waals surface area contributed by atoms with E-state index in [1.165, 1.54) is 26.3 Å². The number of alkyl halides is 3. The molecule has 0 atom stereocenters. The fourth-order valence-electron chi connectivity index (χ4n) is 3.84. The van der Waals surface area contributed by atoms with Gasteiger partial charge in [0.25, 0.3) is 5.91 Å². The molecule has 2 saturated heterocycles. The zero-order chi connectivity index (χ0) is 24.5. The zero-order valence-electron chi connectivity index (χ0n) is 18.6. The van der Waals surface area contributed by atoms with Crippen LogP contribution in [0.25, 0.3) is 0 Å². The smallest absolute Gasteiger partial charge is 0.421 e. The van der Waals surface area contributed by atoms with Crippen LogP contribution in [0.1, 0.15) is 15.9 Å². The molecule has 0 unspecified atom stereocenters. The number of nitrogens with one attached hydrogen (secondary N) is 2. The quantitative estimate of drug-likeness (QED) is 0.625. The Morgan fingerprint density at radius 2 is 1.94 bits per heavy atom. The molecule has 1 amide bonds. The summed E-state index contributed by atoms with van der Waals surface area (Å²) in [5, 5.41) is 5.38. The van der Waals surface area contributed by atoms with Gasteiger partial charge in [-0.1, -0.05) is 11.6 Å². The summed E-state index contributed by atoms with van der Waals surface area (Å²) in [6.45, 7) is 4.11. The van der Waals surface area contributed by atoms with Crippen molar-refractivity contribution in [3.63, 3.8) is 0 Å². The molecule has 3 heterocycles. The van der Waals surface area contributed by atoms with Gasteiger partial charge >= 0.3 is 6.18 Å². The Morgan fingerprint density at radius 1 is 1.24 bits per heavy atom. The molecule has 2 aliphatic rings. The molecule has 0 spiro atoms. The first-order valence-corrected chi connectivity index (χ1v) is 11.0. The molecule has 4 rings (SSSR count). The summed E-state index contributed by atoms with van der Waals surface area (Å²) in [5.41, 5.74) is -0.412. The first kappa shape index (κ1) is 24.3. The van der Waals surface area contributed by atoms with Gasteiger partial charge in [-0.15, -0.1) is 0 Å². The van der Waals surface area contributed by atoms with Crippen LogP contribution in [-0.4, -0.2) is 85.3 Å². The highest BCUT2D eigenvalue weighted by Gasteiger charge is 2.35. The molecule has 0 aliphatic carbocycles. The SMILES string of the molecule is CNc1nc(Nc2cc(OC)c(C(=O)N3CCN(C4COC4)CC3)cc2Cl)ncc1C(F)(F)F. The number of hydrogen-bond donors (Lipinski definition) is 2. The zero-order valence-corrected chi connectivity index (χ0v) is 19.3. The van der Waals surface area contributed by atoms with Gasteiger partial charge in [-0.3, -0.25) is 9.69 Å². The van der Waals surface area contributed by atoms with Crippen LogP contribution in [0.2, 0.25) is 5.02 Å². The molecule has 184 valence electrons. The minimum atomic E-state index is -4.60. The third-order valence-electron chi connectivity index (χ3n) is 5.84. The highest BCUT2D eigenvalue weighted by Crippen LogP contribution is 2.36. The number of halogens is 4. The van der Waals surface area contributed by atoms with E-state index in [4.69, 9.17) is 21.1 Å². The van der Waals surface area contributed by atoms with Crippen molar-refractivity contribution in [1.82, 2.24) is 19.8 Å². The number of piperazine rings is 1. The Hall–Kier alpha value is -2.83. The molecule has 34 heavy (non-hydrogen) atoms. The van der Waals surface area contributed by atoms with Crippen molar-refractivity contribution in [2.24, 2.45) is 0 Å². The van der Waals surface area contributed by atoms with E-state index in [1.54, 1.807) is 4.90 Å². The molecular formula is C21H24ClF3N6O3. The van der Waals surface area contributed by atoms with Crippen molar-refractivity contribution in [1.29, 1.82) is 0 Å². The van der Waals surface area contributed by atoms with Crippen molar-refractivity contribution >= 4 is 35.0 Å². The highest BCUT2D eigenvalue weighted by molar-refractivity contribution is 6.33. The summed E-state index contributed by atoms with van der Waals surface area (Å²) in [5.74, 6) is -0.422. The lowest BCUT2D eigenvalue weighted by Gasteiger charge is -2.42. The van der Waals surface area contributed by atoms with Gasteiger partial charge < -0.3 is 25.0 Å². The summed E-state index contributed by atoms with van der Waals surface area (Å²) in [4.78, 5) is 24.8. The Morgan fingerprint density at radius 3 is 2.50 bits per heavy atom. The summed E-state index contributed by atoms with van der Waals surface area (Å²) >= 11 is 6.40. The van der Waals surface area contributed by atoms with Crippen LogP contribution in [-0.2, 0) is 10.9 Å². The lowest BCUT2D eigenvalue weighted by Crippen LogP contribution is -2.57. The maximum absolute atomic E-state index is 13.2. The Labute approximate surface area is 199 Å². The van der Waals surface area contributed by atoms with Crippen LogP contribution in [0.3, 0.4) is 0 Å². The fourth-order valence-corrected chi connectivity index (χ4v) is 4.05. The van der Waals surface area contributed by atoms with Gasteiger partial charge in [0, 0.05) is 45.5 Å². The number of nitrogens with zero attached hydrogens (tertiary/aromatic N) is 4. The third kappa shape index (κ3) is 4.98. The molecular weight excluding hydrogens is 477 g/mol. The first-order valence-electron chi connectivity index (χ1n) is 10.6. The van der Waals surface area contributed by atoms with Crippen LogP contribution < -0.4 is 15.4 Å². The number of amides is 1. The van der Waals surface area contributed by atoms with Crippen molar-refractivity contribution in [2.45, 2.75) is 12.2 Å². The van der Waals surface area contributed by atoms with Gasteiger partial charge in [-0.05, 0) is 6.07 Å². The normalized spacial score (nSPS) is 17.3. The van der Waals surface area contributed by atoms with Gasteiger partial charge in [-0.2, -0.15) is 18.2 Å². The minimum Gasteiger partial charge on any atom is -0.496 e. The predicted octanol–water partition coefficient (Wildman–Crippen LogP) is 3.10. The van der Waals surface area contributed by atoms with Crippen molar-refractivity contribution < 1.29 is 27.4 Å². The number of carbonyl (C=O) groups excluding carboxylic acids is 1. The molecule has 2 aromatic rings. The molecule has 2 aliphatic heterocycles. The molecule has 2 N–H and O–H groups in total. The number of carbonyl (C=O) groups is 1. The van der Waals surface area contributed by atoms with Gasteiger partial charge in [0.1, 0.15) is 17.1 Å². The van der Waals surface area contributed by atoms with Crippen LogP contribution in [0.5, 0.6) is 5.75 Å². The first-order chi connectivity index (χ1) is 16.2. The highest BCUT2D eigenvalue weighted by atomic mass is 35.5. The third-order valence-corrected chi connectivity index (χ3v) is 6.15. The lowest BCUT2D eigenvalue weighted by atomic mass is 10.1. The van der Waals surface area contributed by atoms with E-state index >= 15 is 0 Å². The van der Waals surface area contributed by atoms with Crippen molar-refractivity contribution in [3.05, 3.63) is 34.5 Å². The standard InChI is InChI=1S/C21H24ClF3N6O3/c1-26-18-14(21(23,24)25)9-27-20(29-18)28-16-8-17(33-2)13(7-15(16)22)19(32)31-5-3-30(4-6-31)12-10-34-11-12/h7-9,12H,3-6,10-11H2,1-2H3,(H2,26,27,28,29). The van der Waals surface area contributed by atoms with E-state index in [0.29, 0.717) is 30.9 Å². The summed E-state index contributed by atoms with van der Waals surface area (Å²) in [6, 6.07) is 3.39. The fraction of sp³-hybridized carbons (Fsp3) is 0.476. The second kappa shape index (κ2) is 9.80. The molecule has 0 bridgehead atoms. The maximum Gasteiger partial charge on any atom is 0.421 e. The number of benzene rings is 1. The van der Waals surface area contributed by atoms with Gasteiger partial charge in [-0.25, -0.2) is 4.98 Å². The van der Waals surface area contributed by atoms with Crippen LogP contribution in [0.4, 0.5) is 30.6 Å². The van der Waals surface area contributed by atoms with Gasteiger partial charge in [0.05, 0.1) is 42.6 Å². The molecule has 1 aromatic carbocycles. The molecule has 13 heteroatoms. The Balaban J connectivity index is 1.51. The van der Waals surface area contributed by atoms with E-state index in [2.05, 4.69) is 25.5 Å². The average Bonchev–Trinajstić information content (AvgIpc) is 2.78. The Bertz CT molecular complexity index is 1060. The lowest BCUT2D eigenvalue weighted by molar-refractivity contribution is -0.137. The van der Waals surface area contributed by atoms with Crippen LogP contribution in [0.15, 0.2) is 18.3 Å². The Kier molecular flexibility index (Phi) is 7.01. The van der Waals surface area contributed by atoms with E-state index < -0.39 is 11.7 Å². The topological polar surface area (TPSA) is 91.9 Å². The van der Waals surface area contributed by atoms with E-state index in [9.17, 15) is 18.0 Å². The molecule has 2 fully saturated rings. The van der Waals surface area contributed by atoms with Crippen molar-refractivity contribution in [2.75, 3.05) is 64.2 Å². The summed E-state index contributed by atoms with van der Waals surface area (Å²) < 4.78 is 49.9. The average molecular weight is 501 g/mol. The van der Waals surface area contributed by atoms with Crippen LogP contribution >= 0.6 is 11.6 Å². The van der Waals surface area contributed by atoms with E-state index in [-0.39, 0.29) is 34.1 Å². The van der Waals surface area contributed by atoms with Gasteiger partial charge in [0.15, 0.2) is 0 Å².